The molecule has 0 atom stereocenters. The third kappa shape index (κ3) is 7.07. The van der Waals surface area contributed by atoms with Crippen molar-refractivity contribution in [3.8, 4) is 29.1 Å². The summed E-state index contributed by atoms with van der Waals surface area (Å²) >= 11 is 0. The number of fused-ring (bicyclic) bond motifs is 1. The number of pyridine rings is 1. The third-order valence-corrected chi connectivity index (χ3v) is 4.72. The number of nitrogens with zero attached hydrogens (tertiary/aromatic N) is 2. The highest BCUT2D eigenvalue weighted by Gasteiger charge is 2.19. The summed E-state index contributed by atoms with van der Waals surface area (Å²) in [7, 11) is 2.96. The van der Waals surface area contributed by atoms with E-state index < -0.39 is 11.9 Å². The number of nitrogens with two attached hydrogens (primary N) is 1. The summed E-state index contributed by atoms with van der Waals surface area (Å²) in [6, 6.07) is 17.6. The standard InChI is InChI=1S/C14H13NO4.C12H10N2O2.H2/c1-15-11-9-10(4-6-14(17)18-2)3-5-12(11)19-8-7-13(15)16;13-12(15)11-8-10(6-7-14-11)16-9-4-2-1-3-5-9;/h3,5,9H,7-8H2,1-2H3;1-8H,(H2,13,15);1H. The fourth-order valence-corrected chi connectivity index (χ4v) is 2.94. The Kier molecular flexibility index (Phi) is 8.40. The van der Waals surface area contributed by atoms with Crippen LogP contribution in [0.15, 0.2) is 66.9 Å². The summed E-state index contributed by atoms with van der Waals surface area (Å²) in [4.78, 5) is 39.0. The molecule has 4 rings (SSSR count). The van der Waals surface area contributed by atoms with E-state index in [-0.39, 0.29) is 13.0 Å². The van der Waals surface area contributed by atoms with E-state index in [2.05, 4.69) is 21.6 Å². The molecule has 1 aliphatic heterocycles. The lowest BCUT2D eigenvalue weighted by Gasteiger charge is -2.16. The zero-order valence-electron chi connectivity index (χ0n) is 19.2. The van der Waals surface area contributed by atoms with Gasteiger partial charge in [-0.2, -0.15) is 0 Å². The largest absolute Gasteiger partial charge is 0.491 e. The number of hydrogen-bond donors (Lipinski definition) is 1. The lowest BCUT2D eigenvalue weighted by Crippen LogP contribution is -2.25. The number of rotatable bonds is 3. The SMILES string of the molecule is COC(=O)C#Cc1ccc2c(c1)N(C)C(=O)CCO2.NC(=O)c1cc(Oc2ccccc2)ccn1.[HH]. The van der Waals surface area contributed by atoms with E-state index in [1.54, 1.807) is 31.3 Å². The summed E-state index contributed by atoms with van der Waals surface area (Å²) in [6.07, 6.45) is 1.83. The second-order valence-corrected chi connectivity index (χ2v) is 7.13. The van der Waals surface area contributed by atoms with Gasteiger partial charge in [0.25, 0.3) is 5.91 Å². The number of amides is 2. The zero-order chi connectivity index (χ0) is 25.2. The molecule has 3 aromatic rings. The fraction of sp³-hybridized carbons (Fsp3) is 0.154. The predicted molar refractivity (Wildman–Crippen MR) is 130 cm³/mol. The molecule has 9 heteroatoms. The lowest BCUT2D eigenvalue weighted by atomic mass is 10.1. The van der Waals surface area contributed by atoms with Crippen LogP contribution in [0.3, 0.4) is 0 Å². The van der Waals surface area contributed by atoms with Crippen LogP contribution in [0.4, 0.5) is 5.69 Å². The molecule has 180 valence electrons. The highest BCUT2D eigenvalue weighted by Crippen LogP contribution is 2.31. The van der Waals surface area contributed by atoms with Crippen molar-refractivity contribution < 1.29 is 30.0 Å². The number of carbonyl (C=O) groups is 3. The van der Waals surface area contributed by atoms with Crippen LogP contribution in [0.2, 0.25) is 0 Å². The maximum atomic E-state index is 11.7. The van der Waals surface area contributed by atoms with Crippen molar-refractivity contribution in [2.24, 2.45) is 5.73 Å². The van der Waals surface area contributed by atoms with Crippen molar-refractivity contribution in [1.82, 2.24) is 4.98 Å². The van der Waals surface area contributed by atoms with Gasteiger partial charge in [0.15, 0.2) is 0 Å². The number of para-hydroxylation sites is 1. The van der Waals surface area contributed by atoms with E-state index in [1.807, 2.05) is 30.3 Å². The zero-order valence-corrected chi connectivity index (χ0v) is 19.2. The van der Waals surface area contributed by atoms with E-state index in [9.17, 15) is 14.4 Å². The quantitative estimate of drug-likeness (QED) is 0.456. The molecule has 0 unspecified atom stereocenters. The van der Waals surface area contributed by atoms with Gasteiger partial charge in [-0.15, -0.1) is 0 Å². The number of carbonyl (C=O) groups excluding carboxylic acids is 3. The maximum Gasteiger partial charge on any atom is 0.384 e. The monoisotopic (exact) mass is 475 g/mol. The molecule has 2 heterocycles. The first-order valence-corrected chi connectivity index (χ1v) is 10.5. The topological polar surface area (TPSA) is 121 Å². The van der Waals surface area contributed by atoms with Crippen molar-refractivity contribution in [3.63, 3.8) is 0 Å². The van der Waals surface area contributed by atoms with Gasteiger partial charge in [-0.1, -0.05) is 24.1 Å². The Labute approximate surface area is 203 Å². The molecule has 0 fully saturated rings. The third-order valence-electron chi connectivity index (χ3n) is 4.72. The van der Waals surface area contributed by atoms with Crippen LogP contribution in [0.5, 0.6) is 17.2 Å². The van der Waals surface area contributed by atoms with Gasteiger partial charge in [0, 0.05) is 32.2 Å². The van der Waals surface area contributed by atoms with E-state index in [4.69, 9.17) is 15.2 Å². The number of primary amides is 1. The summed E-state index contributed by atoms with van der Waals surface area (Å²) in [5.74, 6) is 5.71. The van der Waals surface area contributed by atoms with Gasteiger partial charge in [-0.25, -0.2) is 4.79 Å². The number of benzene rings is 2. The van der Waals surface area contributed by atoms with Crippen LogP contribution in [0, 0.1) is 11.8 Å². The number of methoxy groups -OCH3 is 1. The van der Waals surface area contributed by atoms with Gasteiger partial charge in [-0.3, -0.25) is 14.6 Å². The Morgan fingerprint density at radius 2 is 1.89 bits per heavy atom. The lowest BCUT2D eigenvalue weighted by molar-refractivity contribution is -0.133. The number of hydrogen-bond acceptors (Lipinski definition) is 7. The van der Waals surface area contributed by atoms with Crippen LogP contribution in [-0.2, 0) is 14.3 Å². The number of ether oxygens (including phenoxy) is 3. The molecule has 1 aromatic heterocycles. The molecule has 0 bridgehead atoms. The smallest absolute Gasteiger partial charge is 0.384 e. The van der Waals surface area contributed by atoms with Crippen molar-refractivity contribution in [2.75, 3.05) is 25.7 Å². The van der Waals surface area contributed by atoms with Crippen LogP contribution in [0.25, 0.3) is 0 Å². The molecule has 0 spiro atoms. The molecular weight excluding hydrogens is 450 g/mol. The highest BCUT2D eigenvalue weighted by atomic mass is 16.5. The van der Waals surface area contributed by atoms with E-state index in [1.165, 1.54) is 24.3 Å². The van der Waals surface area contributed by atoms with Crippen LogP contribution in [-0.4, -0.2) is 43.5 Å². The molecule has 1 aliphatic rings. The van der Waals surface area contributed by atoms with Gasteiger partial charge in [0.05, 0.1) is 25.8 Å². The predicted octanol–water partition coefficient (Wildman–Crippen LogP) is 3.18. The number of anilines is 1. The van der Waals surface area contributed by atoms with E-state index >= 15 is 0 Å². The second-order valence-electron chi connectivity index (χ2n) is 7.13. The summed E-state index contributed by atoms with van der Waals surface area (Å²) in [5.41, 5.74) is 6.58. The van der Waals surface area contributed by atoms with Gasteiger partial charge in [0.2, 0.25) is 5.91 Å². The molecule has 0 aliphatic carbocycles. The number of esters is 1. The Hall–Kier alpha value is -4.84. The molecule has 35 heavy (non-hydrogen) atoms. The second kappa shape index (κ2) is 11.9. The first-order valence-electron chi connectivity index (χ1n) is 10.5. The maximum absolute atomic E-state index is 11.7. The fourth-order valence-electron chi connectivity index (χ4n) is 2.94. The van der Waals surface area contributed by atoms with Crippen molar-refractivity contribution >= 4 is 23.5 Å². The summed E-state index contributed by atoms with van der Waals surface area (Å²) < 4.78 is 15.5. The molecule has 9 nitrogen and oxygen atoms in total. The molecular formula is C26H25N3O6. The van der Waals surface area contributed by atoms with Crippen molar-refractivity contribution in [1.29, 1.82) is 0 Å². The minimum absolute atomic E-state index is 0. The Balaban J connectivity index is 0.000000250. The normalized spacial score (nSPS) is 11.8. The minimum atomic E-state index is -0.601. The Bertz CT molecular complexity index is 1290. The van der Waals surface area contributed by atoms with Crippen LogP contribution < -0.4 is 20.1 Å². The van der Waals surface area contributed by atoms with Gasteiger partial charge < -0.3 is 24.8 Å². The molecule has 2 amide bonds. The molecule has 0 saturated carbocycles. The van der Waals surface area contributed by atoms with Gasteiger partial charge >= 0.3 is 5.97 Å². The molecule has 0 radical (unpaired) electrons. The Morgan fingerprint density at radius 1 is 1.11 bits per heavy atom. The van der Waals surface area contributed by atoms with Gasteiger partial charge in [0.1, 0.15) is 22.9 Å². The van der Waals surface area contributed by atoms with E-state index in [0.29, 0.717) is 41.5 Å². The average molecular weight is 476 g/mol. The summed E-state index contributed by atoms with van der Waals surface area (Å²) in [5, 5.41) is 0. The number of aromatic nitrogens is 1. The van der Waals surface area contributed by atoms with Crippen LogP contribution in [0.1, 0.15) is 23.9 Å². The minimum Gasteiger partial charge on any atom is -0.491 e. The van der Waals surface area contributed by atoms with Crippen LogP contribution >= 0.6 is 0 Å². The first kappa shape index (κ1) is 24.8. The first-order chi connectivity index (χ1) is 16.9. The van der Waals surface area contributed by atoms with Crippen molar-refractivity contribution in [3.05, 3.63) is 78.1 Å². The molecule has 0 saturated heterocycles. The van der Waals surface area contributed by atoms with Crippen molar-refractivity contribution in [2.45, 2.75) is 6.42 Å². The highest BCUT2D eigenvalue weighted by molar-refractivity contribution is 5.95. The Morgan fingerprint density at radius 3 is 2.60 bits per heavy atom. The van der Waals surface area contributed by atoms with Gasteiger partial charge in [-0.05, 0) is 36.4 Å². The molecule has 2 N–H and O–H groups in total. The molecule has 2 aromatic carbocycles. The van der Waals surface area contributed by atoms with E-state index in [0.717, 1.165) is 0 Å². The summed E-state index contributed by atoms with van der Waals surface area (Å²) in [6.45, 7) is 0.364. The average Bonchev–Trinajstić information content (AvgIpc) is 3.01.